The van der Waals surface area contributed by atoms with Crippen LogP contribution in [-0.2, 0) is 14.8 Å². The molecular formula is C24H29F3N2O5S. The molecule has 1 aliphatic rings. The van der Waals surface area contributed by atoms with E-state index in [1.165, 1.54) is 19.2 Å². The summed E-state index contributed by atoms with van der Waals surface area (Å²) in [5.41, 5.74) is 1.05. The van der Waals surface area contributed by atoms with Gasteiger partial charge >= 0.3 is 6.36 Å². The lowest BCUT2D eigenvalue weighted by molar-refractivity contribution is -0.274. The molecule has 11 heteroatoms. The summed E-state index contributed by atoms with van der Waals surface area (Å²) in [6, 6.07) is 9.55. The molecule has 1 saturated heterocycles. The van der Waals surface area contributed by atoms with Crippen molar-refractivity contribution in [2.75, 3.05) is 24.2 Å². The summed E-state index contributed by atoms with van der Waals surface area (Å²) >= 11 is 0. The van der Waals surface area contributed by atoms with Crippen molar-refractivity contribution >= 4 is 21.6 Å². The lowest BCUT2D eigenvalue weighted by Crippen LogP contribution is -2.31. The highest BCUT2D eigenvalue weighted by Gasteiger charge is 2.33. The third kappa shape index (κ3) is 7.03. The summed E-state index contributed by atoms with van der Waals surface area (Å²) < 4.78 is 72.6. The van der Waals surface area contributed by atoms with E-state index in [-0.39, 0.29) is 23.4 Å². The maximum Gasteiger partial charge on any atom is 0.573 e. The van der Waals surface area contributed by atoms with E-state index in [2.05, 4.69) is 4.74 Å². The van der Waals surface area contributed by atoms with Crippen molar-refractivity contribution < 1.29 is 35.9 Å². The number of unbranched alkanes of at least 4 members (excludes halogenated alkanes) is 1. The van der Waals surface area contributed by atoms with Crippen LogP contribution in [0.3, 0.4) is 0 Å². The van der Waals surface area contributed by atoms with Crippen molar-refractivity contribution in [2.45, 2.75) is 51.4 Å². The first-order valence-electron chi connectivity index (χ1n) is 11.3. The summed E-state index contributed by atoms with van der Waals surface area (Å²) in [4.78, 5) is 14.7. The standard InChI is InChI=1S/C24H29F3N2O5S/c1-4-5-8-23(30)29-15-6-7-21(29)20-16-17(28(2)35(3,31)32)9-14-22(20)33-18-10-12-19(13-11-18)34-24(25,26)27/h9-14,16,21H,4-8,15H2,1-3H3. The van der Waals surface area contributed by atoms with E-state index in [1.54, 1.807) is 23.1 Å². The van der Waals surface area contributed by atoms with Crippen LogP contribution in [0.25, 0.3) is 0 Å². The molecule has 1 heterocycles. The second-order valence-electron chi connectivity index (χ2n) is 8.42. The number of likely N-dealkylation sites (tertiary alicyclic amines) is 1. The third-order valence-electron chi connectivity index (χ3n) is 5.82. The first kappa shape index (κ1) is 26.7. The van der Waals surface area contributed by atoms with Gasteiger partial charge < -0.3 is 14.4 Å². The Bertz CT molecular complexity index is 1140. The number of amides is 1. The van der Waals surface area contributed by atoms with Crippen LogP contribution >= 0.6 is 0 Å². The molecule has 3 rings (SSSR count). The molecule has 0 bridgehead atoms. The van der Waals surface area contributed by atoms with E-state index in [4.69, 9.17) is 4.74 Å². The zero-order valence-corrected chi connectivity index (χ0v) is 20.7. The lowest BCUT2D eigenvalue weighted by Gasteiger charge is -2.28. The Balaban J connectivity index is 1.95. The van der Waals surface area contributed by atoms with Crippen molar-refractivity contribution in [3.8, 4) is 17.2 Å². The predicted molar refractivity (Wildman–Crippen MR) is 126 cm³/mol. The maximum atomic E-state index is 12.9. The van der Waals surface area contributed by atoms with Gasteiger partial charge in [-0.05, 0) is 61.7 Å². The van der Waals surface area contributed by atoms with Crippen molar-refractivity contribution in [2.24, 2.45) is 0 Å². The van der Waals surface area contributed by atoms with Gasteiger partial charge in [0.15, 0.2) is 0 Å². The second-order valence-corrected chi connectivity index (χ2v) is 10.4. The second kappa shape index (κ2) is 10.8. The van der Waals surface area contributed by atoms with Crippen LogP contribution in [0.2, 0.25) is 0 Å². The van der Waals surface area contributed by atoms with Crippen LogP contribution in [0.1, 0.15) is 50.6 Å². The van der Waals surface area contributed by atoms with E-state index >= 15 is 0 Å². The number of sulfonamides is 1. The Hall–Kier alpha value is -2.95. The number of alkyl halides is 3. The summed E-state index contributed by atoms with van der Waals surface area (Å²) in [5.74, 6) is 0.307. The largest absolute Gasteiger partial charge is 0.573 e. The minimum absolute atomic E-state index is 0.0239. The minimum Gasteiger partial charge on any atom is -0.457 e. The molecule has 1 fully saturated rings. The third-order valence-corrected chi connectivity index (χ3v) is 7.02. The molecular weight excluding hydrogens is 485 g/mol. The molecule has 1 aliphatic heterocycles. The average Bonchev–Trinajstić information content (AvgIpc) is 3.27. The molecule has 0 aliphatic carbocycles. The van der Waals surface area contributed by atoms with E-state index in [9.17, 15) is 26.4 Å². The van der Waals surface area contributed by atoms with E-state index < -0.39 is 16.4 Å². The van der Waals surface area contributed by atoms with E-state index in [0.717, 1.165) is 42.0 Å². The molecule has 0 radical (unpaired) electrons. The Kier molecular flexibility index (Phi) is 8.19. The zero-order chi connectivity index (χ0) is 25.8. The van der Waals surface area contributed by atoms with E-state index in [1.807, 2.05) is 6.92 Å². The quantitative estimate of drug-likeness (QED) is 0.434. The van der Waals surface area contributed by atoms with Gasteiger partial charge in [-0.25, -0.2) is 8.42 Å². The Morgan fingerprint density at radius 1 is 1.14 bits per heavy atom. The Morgan fingerprint density at radius 3 is 2.40 bits per heavy atom. The van der Waals surface area contributed by atoms with Gasteiger partial charge in [0.05, 0.1) is 18.0 Å². The van der Waals surface area contributed by atoms with Crippen molar-refractivity contribution in [1.29, 1.82) is 0 Å². The number of benzene rings is 2. The zero-order valence-electron chi connectivity index (χ0n) is 19.8. The highest BCUT2D eigenvalue weighted by atomic mass is 32.2. The van der Waals surface area contributed by atoms with Crippen molar-refractivity contribution in [3.05, 3.63) is 48.0 Å². The molecule has 0 spiro atoms. The van der Waals surface area contributed by atoms with Gasteiger partial charge in [0.2, 0.25) is 15.9 Å². The monoisotopic (exact) mass is 514 g/mol. The van der Waals surface area contributed by atoms with Crippen LogP contribution in [0, 0.1) is 0 Å². The van der Waals surface area contributed by atoms with Crippen LogP contribution in [-0.4, -0.2) is 45.4 Å². The fourth-order valence-electron chi connectivity index (χ4n) is 3.97. The SMILES string of the molecule is CCCCC(=O)N1CCCC1c1cc(N(C)S(C)(=O)=O)ccc1Oc1ccc(OC(F)(F)F)cc1. The fraction of sp³-hybridized carbons (Fsp3) is 0.458. The molecule has 1 amide bonds. The molecule has 0 N–H and O–H groups in total. The Morgan fingerprint density at radius 2 is 1.80 bits per heavy atom. The molecule has 2 aromatic carbocycles. The number of carbonyl (C=O) groups excluding carboxylic acids is 1. The molecule has 192 valence electrons. The van der Waals surface area contributed by atoms with Gasteiger partial charge in [0.1, 0.15) is 17.2 Å². The number of halogens is 3. The van der Waals surface area contributed by atoms with Crippen LogP contribution < -0.4 is 13.8 Å². The van der Waals surface area contributed by atoms with Gasteiger partial charge in [0, 0.05) is 25.6 Å². The highest BCUT2D eigenvalue weighted by Crippen LogP contribution is 2.41. The van der Waals surface area contributed by atoms with Gasteiger partial charge in [-0.15, -0.1) is 13.2 Å². The average molecular weight is 515 g/mol. The van der Waals surface area contributed by atoms with Gasteiger partial charge in [-0.3, -0.25) is 9.10 Å². The topological polar surface area (TPSA) is 76.2 Å². The van der Waals surface area contributed by atoms with Gasteiger partial charge in [-0.2, -0.15) is 0 Å². The molecule has 0 aromatic heterocycles. The number of carbonyl (C=O) groups is 1. The molecule has 0 saturated carbocycles. The van der Waals surface area contributed by atoms with Crippen LogP contribution in [0.15, 0.2) is 42.5 Å². The fourth-order valence-corrected chi connectivity index (χ4v) is 4.47. The summed E-state index contributed by atoms with van der Waals surface area (Å²) in [6.07, 6.45) is -0.149. The maximum absolute atomic E-state index is 12.9. The number of ether oxygens (including phenoxy) is 2. The van der Waals surface area contributed by atoms with Gasteiger partial charge in [-0.1, -0.05) is 13.3 Å². The lowest BCUT2D eigenvalue weighted by atomic mass is 10.0. The first-order valence-corrected chi connectivity index (χ1v) is 13.1. The Labute approximate surface area is 203 Å². The summed E-state index contributed by atoms with van der Waals surface area (Å²) in [6.45, 7) is 2.60. The van der Waals surface area contributed by atoms with E-state index in [0.29, 0.717) is 36.4 Å². The molecule has 1 atom stereocenters. The molecule has 35 heavy (non-hydrogen) atoms. The normalized spacial score (nSPS) is 16.3. The van der Waals surface area contributed by atoms with Crippen LogP contribution in [0.5, 0.6) is 17.2 Å². The van der Waals surface area contributed by atoms with Gasteiger partial charge in [0.25, 0.3) is 0 Å². The minimum atomic E-state index is -4.80. The smallest absolute Gasteiger partial charge is 0.457 e. The summed E-state index contributed by atoms with van der Waals surface area (Å²) in [7, 11) is -2.09. The molecule has 1 unspecified atom stereocenters. The predicted octanol–water partition coefficient (Wildman–Crippen LogP) is 5.63. The number of hydrogen-bond acceptors (Lipinski definition) is 5. The number of hydrogen-bond donors (Lipinski definition) is 0. The van der Waals surface area contributed by atoms with Crippen molar-refractivity contribution in [3.63, 3.8) is 0 Å². The summed E-state index contributed by atoms with van der Waals surface area (Å²) in [5, 5.41) is 0. The molecule has 2 aromatic rings. The molecule has 7 nitrogen and oxygen atoms in total. The van der Waals surface area contributed by atoms with Crippen LogP contribution in [0.4, 0.5) is 18.9 Å². The first-order chi connectivity index (χ1) is 16.4. The number of anilines is 1. The highest BCUT2D eigenvalue weighted by molar-refractivity contribution is 7.92. The number of nitrogens with zero attached hydrogens (tertiary/aromatic N) is 2. The number of rotatable bonds is 9. The van der Waals surface area contributed by atoms with Crippen molar-refractivity contribution in [1.82, 2.24) is 4.90 Å².